The third kappa shape index (κ3) is 4.99. The van der Waals surface area contributed by atoms with Gasteiger partial charge < -0.3 is 14.2 Å². The van der Waals surface area contributed by atoms with Gasteiger partial charge in [-0.15, -0.1) is 6.58 Å². The lowest BCUT2D eigenvalue weighted by Gasteiger charge is -2.32. The van der Waals surface area contributed by atoms with Crippen LogP contribution in [0.3, 0.4) is 0 Å². The van der Waals surface area contributed by atoms with E-state index in [1.54, 1.807) is 60.7 Å². The van der Waals surface area contributed by atoms with Gasteiger partial charge in [-0.25, -0.2) is 8.42 Å². The van der Waals surface area contributed by atoms with Gasteiger partial charge in [0.05, 0.1) is 32.1 Å². The Balaban J connectivity index is 1.83. The van der Waals surface area contributed by atoms with E-state index in [9.17, 15) is 18.0 Å². The second kappa shape index (κ2) is 10.7. The number of methoxy groups -OCH3 is 2. The van der Waals surface area contributed by atoms with Crippen LogP contribution >= 0.6 is 0 Å². The number of esters is 1. The minimum absolute atomic E-state index is 0.0737. The Labute approximate surface area is 215 Å². The molecule has 0 saturated carbocycles. The second-order valence-corrected chi connectivity index (χ2v) is 9.86. The second-order valence-electron chi connectivity index (χ2n) is 8.03. The highest BCUT2D eigenvalue weighted by molar-refractivity contribution is 7.89. The van der Waals surface area contributed by atoms with Crippen molar-refractivity contribution < 1.29 is 32.2 Å². The minimum Gasteiger partial charge on any atom is -0.493 e. The van der Waals surface area contributed by atoms with Gasteiger partial charge in [-0.05, 0) is 29.8 Å². The number of fused-ring (bicyclic) bond motifs is 1. The topological polar surface area (TPSA) is 99.2 Å². The first-order valence-electron chi connectivity index (χ1n) is 11.3. The molecule has 0 aromatic heterocycles. The summed E-state index contributed by atoms with van der Waals surface area (Å²) in [6, 6.07) is 19.3. The average Bonchev–Trinajstić information content (AvgIpc) is 2.91. The number of hydrogen-bond acceptors (Lipinski definition) is 7. The highest BCUT2D eigenvalue weighted by Gasteiger charge is 2.41. The van der Waals surface area contributed by atoms with E-state index in [0.717, 1.165) is 4.31 Å². The lowest BCUT2D eigenvalue weighted by atomic mass is 10.0. The molecule has 4 rings (SSSR count). The number of hydrogen-bond donors (Lipinski definition) is 0. The Kier molecular flexibility index (Phi) is 7.45. The molecule has 0 fully saturated rings. The molecule has 1 aliphatic rings. The van der Waals surface area contributed by atoms with Crippen molar-refractivity contribution in [2.45, 2.75) is 11.3 Å². The normalized spacial score (nSPS) is 13.9. The van der Waals surface area contributed by atoms with Gasteiger partial charge in [0.15, 0.2) is 17.3 Å². The molecule has 0 aliphatic carbocycles. The van der Waals surface area contributed by atoms with Gasteiger partial charge in [-0.1, -0.05) is 54.6 Å². The molecule has 0 spiro atoms. The third-order valence-electron chi connectivity index (χ3n) is 5.72. The van der Waals surface area contributed by atoms with Crippen molar-refractivity contribution >= 4 is 27.5 Å². The molecule has 3 aromatic rings. The number of rotatable bonds is 9. The zero-order valence-electron chi connectivity index (χ0n) is 20.3. The van der Waals surface area contributed by atoms with Crippen molar-refractivity contribution in [3.8, 4) is 11.5 Å². The number of allylic oxidation sites excluding steroid dienone is 1. The number of benzene rings is 3. The molecule has 37 heavy (non-hydrogen) atoms. The van der Waals surface area contributed by atoms with E-state index < -0.39 is 21.8 Å². The van der Waals surface area contributed by atoms with Gasteiger partial charge >= 0.3 is 5.97 Å². The van der Waals surface area contributed by atoms with Gasteiger partial charge in [0.1, 0.15) is 5.70 Å². The number of carbonyl (C=O) groups excluding carboxylic acids is 2. The van der Waals surface area contributed by atoms with E-state index in [-0.39, 0.29) is 40.4 Å². The molecule has 0 N–H and O–H groups in total. The summed E-state index contributed by atoms with van der Waals surface area (Å²) in [6.07, 6.45) is 1.21. The van der Waals surface area contributed by atoms with Crippen molar-refractivity contribution in [2.24, 2.45) is 0 Å². The predicted molar refractivity (Wildman–Crippen MR) is 138 cm³/mol. The highest BCUT2D eigenvalue weighted by atomic mass is 32.2. The molecule has 0 amide bonds. The van der Waals surface area contributed by atoms with Crippen LogP contribution in [-0.2, 0) is 26.0 Å². The van der Waals surface area contributed by atoms with E-state index in [0.29, 0.717) is 17.1 Å². The van der Waals surface area contributed by atoms with E-state index in [1.807, 2.05) is 0 Å². The number of ether oxygens (including phenoxy) is 3. The highest BCUT2D eigenvalue weighted by Crippen LogP contribution is 2.39. The Hall–Kier alpha value is -4.37. The first kappa shape index (κ1) is 25.7. The molecule has 8 nitrogen and oxygen atoms in total. The Bertz CT molecular complexity index is 1490. The Morgan fingerprint density at radius 1 is 0.919 bits per heavy atom. The van der Waals surface area contributed by atoms with Crippen LogP contribution in [0.2, 0.25) is 0 Å². The van der Waals surface area contributed by atoms with Crippen LogP contribution in [0.5, 0.6) is 11.5 Å². The third-order valence-corrected chi connectivity index (χ3v) is 7.55. The molecular formula is C28H25NO7S. The maximum Gasteiger partial charge on any atom is 0.315 e. The van der Waals surface area contributed by atoms with Gasteiger partial charge in [0.25, 0.3) is 10.0 Å². The van der Waals surface area contributed by atoms with Crippen LogP contribution < -0.4 is 9.47 Å². The smallest absolute Gasteiger partial charge is 0.315 e. The molecule has 0 bridgehead atoms. The standard InChI is InChI=1S/C28H25NO7S/c1-4-16-29-26(27(31)20-10-6-5-7-11-20)28(21-12-8-9-13-24(21)37(29,32)33)36-25(30)18-19-14-15-22(34-2)23(17-19)35-3/h4-15,17H,1,16,18H2,2-3H3. The van der Waals surface area contributed by atoms with Crippen molar-refractivity contribution in [3.63, 3.8) is 0 Å². The van der Waals surface area contributed by atoms with Crippen LogP contribution in [-0.4, -0.2) is 45.2 Å². The first-order valence-corrected chi connectivity index (χ1v) is 12.7. The first-order chi connectivity index (χ1) is 17.8. The molecule has 0 saturated heterocycles. The summed E-state index contributed by atoms with van der Waals surface area (Å²) in [5, 5.41) is 0. The fraction of sp³-hybridized carbons (Fsp3) is 0.143. The van der Waals surface area contributed by atoms with Gasteiger partial charge in [-0.2, -0.15) is 0 Å². The summed E-state index contributed by atoms with van der Waals surface area (Å²) >= 11 is 0. The summed E-state index contributed by atoms with van der Waals surface area (Å²) in [5.74, 6) is -0.475. The van der Waals surface area contributed by atoms with Gasteiger partial charge in [0.2, 0.25) is 5.78 Å². The number of nitrogens with zero attached hydrogens (tertiary/aromatic N) is 1. The van der Waals surface area contributed by atoms with Crippen molar-refractivity contribution in [1.29, 1.82) is 0 Å². The van der Waals surface area contributed by atoms with Gasteiger partial charge in [-0.3, -0.25) is 13.9 Å². The van der Waals surface area contributed by atoms with Crippen LogP contribution in [0.1, 0.15) is 21.5 Å². The number of carbonyl (C=O) groups is 2. The monoisotopic (exact) mass is 519 g/mol. The molecule has 0 unspecified atom stereocenters. The average molecular weight is 520 g/mol. The van der Waals surface area contributed by atoms with Crippen LogP contribution in [0, 0.1) is 0 Å². The largest absolute Gasteiger partial charge is 0.493 e. The number of ketones is 1. The molecule has 0 atom stereocenters. The van der Waals surface area contributed by atoms with E-state index >= 15 is 0 Å². The van der Waals surface area contributed by atoms with Crippen LogP contribution in [0.15, 0.2) is 96.0 Å². The molecule has 9 heteroatoms. The predicted octanol–water partition coefficient (Wildman–Crippen LogP) is 4.23. The zero-order valence-corrected chi connectivity index (χ0v) is 21.2. The molecule has 1 aliphatic heterocycles. The van der Waals surface area contributed by atoms with E-state index in [2.05, 4.69) is 6.58 Å². The lowest BCUT2D eigenvalue weighted by Crippen LogP contribution is -2.39. The van der Waals surface area contributed by atoms with Crippen LogP contribution in [0.25, 0.3) is 5.76 Å². The molecule has 1 heterocycles. The van der Waals surface area contributed by atoms with Crippen LogP contribution in [0.4, 0.5) is 0 Å². The molecule has 3 aromatic carbocycles. The Morgan fingerprint density at radius 3 is 2.27 bits per heavy atom. The summed E-state index contributed by atoms with van der Waals surface area (Å²) in [6.45, 7) is 3.45. The SMILES string of the molecule is C=CCN1C(C(=O)c2ccccc2)=C(OC(=O)Cc2ccc(OC)c(OC)c2)c2ccccc2S1(=O)=O. The van der Waals surface area contributed by atoms with Crippen molar-refractivity contribution in [1.82, 2.24) is 4.31 Å². The fourth-order valence-electron chi connectivity index (χ4n) is 4.02. The van der Waals surface area contributed by atoms with E-state index in [1.165, 1.54) is 32.4 Å². The fourth-order valence-corrected chi connectivity index (χ4v) is 5.65. The summed E-state index contributed by atoms with van der Waals surface area (Å²) in [5.41, 5.74) is 0.696. The van der Waals surface area contributed by atoms with Gasteiger partial charge in [0, 0.05) is 11.1 Å². The molecular weight excluding hydrogens is 494 g/mol. The minimum atomic E-state index is -4.13. The number of Topliss-reactive ketones (excluding diaryl/α,β-unsaturated/α-hetero) is 1. The molecule has 190 valence electrons. The van der Waals surface area contributed by atoms with E-state index in [4.69, 9.17) is 14.2 Å². The van der Waals surface area contributed by atoms with Crippen molar-refractivity contribution in [2.75, 3.05) is 20.8 Å². The van der Waals surface area contributed by atoms with Crippen molar-refractivity contribution in [3.05, 3.63) is 108 Å². The quantitative estimate of drug-likeness (QED) is 0.237. The lowest BCUT2D eigenvalue weighted by molar-refractivity contribution is -0.136. The Morgan fingerprint density at radius 2 is 1.59 bits per heavy atom. The summed E-state index contributed by atoms with van der Waals surface area (Å²) < 4.78 is 44.3. The summed E-state index contributed by atoms with van der Waals surface area (Å²) in [4.78, 5) is 26.7. The zero-order chi connectivity index (χ0) is 26.6. The maximum atomic E-state index is 13.7. The number of sulfonamides is 1. The summed E-state index contributed by atoms with van der Waals surface area (Å²) in [7, 11) is -1.14. The maximum absolute atomic E-state index is 13.7. The molecule has 0 radical (unpaired) electrons.